The molecule has 0 N–H and O–H groups in total. The third-order valence-electron chi connectivity index (χ3n) is 3.78. The highest BCUT2D eigenvalue weighted by atomic mass is 32.2. The first kappa shape index (κ1) is 15.2. The Kier molecular flexibility index (Phi) is 3.78. The molecule has 3 aromatic rings. The van der Waals surface area contributed by atoms with E-state index in [0.29, 0.717) is 4.90 Å². The van der Waals surface area contributed by atoms with Crippen molar-refractivity contribution in [2.75, 3.05) is 5.75 Å². The summed E-state index contributed by atoms with van der Waals surface area (Å²) in [6, 6.07) is 11.2. The number of rotatable bonds is 3. The average molecular weight is 331 g/mol. The van der Waals surface area contributed by atoms with Gasteiger partial charge in [-0.3, -0.25) is 0 Å². The minimum Gasteiger partial charge on any atom is -0.236 e. The van der Waals surface area contributed by atoms with Gasteiger partial charge in [-0.15, -0.1) is 11.3 Å². The van der Waals surface area contributed by atoms with E-state index in [1.807, 2.05) is 12.1 Å². The molecule has 114 valence electrons. The molecule has 3 nitrogen and oxygen atoms in total. The van der Waals surface area contributed by atoms with Crippen molar-refractivity contribution in [3.63, 3.8) is 0 Å². The third kappa shape index (κ3) is 2.55. The van der Waals surface area contributed by atoms with Gasteiger partial charge in [-0.05, 0) is 37.1 Å². The first-order valence-electron chi connectivity index (χ1n) is 7.12. The molecule has 0 aliphatic carbocycles. The van der Waals surface area contributed by atoms with Gasteiger partial charge < -0.3 is 0 Å². The largest absolute Gasteiger partial charge is 0.236 e. The fourth-order valence-electron chi connectivity index (χ4n) is 2.35. The summed E-state index contributed by atoms with van der Waals surface area (Å²) in [7, 11) is -3.15. The van der Waals surface area contributed by atoms with E-state index in [1.54, 1.807) is 30.4 Å². The molecule has 0 fully saturated rings. The number of hydrogen-bond donors (Lipinski definition) is 0. The molecule has 22 heavy (non-hydrogen) atoms. The van der Waals surface area contributed by atoms with E-state index >= 15 is 0 Å². The van der Waals surface area contributed by atoms with E-state index in [4.69, 9.17) is 4.98 Å². The Balaban J connectivity index is 2.09. The molecular formula is C17H17NO2S2. The van der Waals surface area contributed by atoms with Gasteiger partial charge >= 0.3 is 0 Å². The minimum atomic E-state index is -3.15. The van der Waals surface area contributed by atoms with Crippen LogP contribution in [0.4, 0.5) is 0 Å². The van der Waals surface area contributed by atoms with Crippen LogP contribution in [-0.4, -0.2) is 19.2 Å². The molecule has 0 radical (unpaired) electrons. The Bertz CT molecular complexity index is 900. The summed E-state index contributed by atoms with van der Waals surface area (Å²) < 4.78 is 24.9. The number of fused-ring (bicyclic) bond motifs is 1. The molecule has 1 aromatic heterocycles. The monoisotopic (exact) mass is 331 g/mol. The standard InChI is InChI=1S/C17H17NO2S2/c1-4-22(19,20)14-9-7-13(8-10-14)17-18-15-11(2)5-6-12(3)16(15)21-17/h5-10H,4H2,1-3H3. The first-order valence-corrected chi connectivity index (χ1v) is 9.59. The second kappa shape index (κ2) is 5.48. The minimum absolute atomic E-state index is 0.117. The molecule has 1 heterocycles. The number of nitrogens with zero attached hydrogens (tertiary/aromatic N) is 1. The van der Waals surface area contributed by atoms with Gasteiger partial charge in [-0.25, -0.2) is 13.4 Å². The van der Waals surface area contributed by atoms with Gasteiger partial charge in [0.25, 0.3) is 0 Å². The van der Waals surface area contributed by atoms with E-state index in [0.717, 1.165) is 21.7 Å². The molecule has 0 spiro atoms. The molecule has 2 aromatic carbocycles. The van der Waals surface area contributed by atoms with Crippen LogP contribution in [0.3, 0.4) is 0 Å². The van der Waals surface area contributed by atoms with E-state index in [-0.39, 0.29) is 5.75 Å². The van der Waals surface area contributed by atoms with Gasteiger partial charge in [0.05, 0.1) is 20.9 Å². The highest BCUT2D eigenvalue weighted by Gasteiger charge is 2.13. The molecule has 0 bridgehead atoms. The molecule has 0 aliphatic heterocycles. The Morgan fingerprint density at radius 2 is 1.64 bits per heavy atom. The van der Waals surface area contributed by atoms with Gasteiger partial charge in [0.1, 0.15) is 5.01 Å². The fraction of sp³-hybridized carbons (Fsp3) is 0.235. The van der Waals surface area contributed by atoms with Crippen molar-refractivity contribution >= 4 is 31.4 Å². The lowest BCUT2D eigenvalue weighted by Gasteiger charge is -2.02. The normalized spacial score (nSPS) is 12.0. The summed E-state index contributed by atoms with van der Waals surface area (Å²) in [6.07, 6.45) is 0. The lowest BCUT2D eigenvalue weighted by Crippen LogP contribution is -2.02. The van der Waals surface area contributed by atoms with Crippen molar-refractivity contribution in [1.82, 2.24) is 4.98 Å². The van der Waals surface area contributed by atoms with Crippen molar-refractivity contribution < 1.29 is 8.42 Å². The van der Waals surface area contributed by atoms with Crippen LogP contribution in [-0.2, 0) is 9.84 Å². The molecule has 0 unspecified atom stereocenters. The van der Waals surface area contributed by atoms with Crippen molar-refractivity contribution in [2.24, 2.45) is 0 Å². The lowest BCUT2D eigenvalue weighted by atomic mass is 10.1. The average Bonchev–Trinajstić information content (AvgIpc) is 2.98. The van der Waals surface area contributed by atoms with Gasteiger partial charge in [-0.1, -0.05) is 31.2 Å². The molecular weight excluding hydrogens is 314 g/mol. The summed E-state index contributed by atoms with van der Waals surface area (Å²) in [4.78, 5) is 5.09. The molecule has 0 saturated heterocycles. The quantitative estimate of drug-likeness (QED) is 0.716. The van der Waals surface area contributed by atoms with Crippen LogP contribution < -0.4 is 0 Å². The summed E-state index contributed by atoms with van der Waals surface area (Å²) >= 11 is 1.65. The number of aromatic nitrogens is 1. The van der Waals surface area contributed by atoms with Crippen LogP contribution >= 0.6 is 11.3 Å². The predicted octanol–water partition coefficient (Wildman–Crippen LogP) is 4.37. The fourth-order valence-corrected chi connectivity index (χ4v) is 4.35. The smallest absolute Gasteiger partial charge is 0.178 e. The van der Waals surface area contributed by atoms with E-state index in [2.05, 4.69) is 26.0 Å². The van der Waals surface area contributed by atoms with Crippen LogP contribution in [0.25, 0.3) is 20.8 Å². The van der Waals surface area contributed by atoms with Crippen LogP contribution in [0.2, 0.25) is 0 Å². The van der Waals surface area contributed by atoms with Crippen LogP contribution in [0.1, 0.15) is 18.1 Å². The highest BCUT2D eigenvalue weighted by Crippen LogP contribution is 2.34. The maximum atomic E-state index is 11.9. The Hall–Kier alpha value is -1.72. The zero-order chi connectivity index (χ0) is 15.9. The van der Waals surface area contributed by atoms with Gasteiger partial charge in [0.2, 0.25) is 0 Å². The van der Waals surface area contributed by atoms with Gasteiger partial charge in [0, 0.05) is 5.56 Å². The molecule has 0 atom stereocenters. The Morgan fingerprint density at radius 1 is 1.00 bits per heavy atom. The summed E-state index contributed by atoms with van der Waals surface area (Å²) in [5, 5.41) is 0.924. The number of hydrogen-bond acceptors (Lipinski definition) is 4. The van der Waals surface area contributed by atoms with Crippen molar-refractivity contribution in [3.8, 4) is 10.6 Å². The Labute approximate surface area is 134 Å². The number of benzene rings is 2. The SMILES string of the molecule is CCS(=O)(=O)c1ccc(-c2nc3c(C)ccc(C)c3s2)cc1. The van der Waals surface area contributed by atoms with Gasteiger partial charge in [-0.2, -0.15) is 0 Å². The first-order chi connectivity index (χ1) is 10.4. The van der Waals surface area contributed by atoms with E-state index in [9.17, 15) is 8.42 Å². The number of thiazole rings is 1. The maximum Gasteiger partial charge on any atom is 0.178 e. The zero-order valence-electron chi connectivity index (χ0n) is 12.8. The topological polar surface area (TPSA) is 47.0 Å². The lowest BCUT2D eigenvalue weighted by molar-refractivity contribution is 0.597. The maximum absolute atomic E-state index is 11.9. The predicted molar refractivity (Wildman–Crippen MR) is 92.3 cm³/mol. The van der Waals surface area contributed by atoms with Crippen molar-refractivity contribution in [1.29, 1.82) is 0 Å². The summed E-state index contributed by atoms with van der Waals surface area (Å²) in [5.41, 5.74) is 4.36. The Morgan fingerprint density at radius 3 is 2.23 bits per heavy atom. The molecule has 0 saturated carbocycles. The van der Waals surface area contributed by atoms with Gasteiger partial charge in [0.15, 0.2) is 9.84 Å². The number of aryl methyl sites for hydroxylation is 2. The molecule has 0 aliphatic rings. The van der Waals surface area contributed by atoms with Crippen molar-refractivity contribution in [2.45, 2.75) is 25.7 Å². The second-order valence-electron chi connectivity index (χ2n) is 5.32. The highest BCUT2D eigenvalue weighted by molar-refractivity contribution is 7.91. The zero-order valence-corrected chi connectivity index (χ0v) is 14.4. The van der Waals surface area contributed by atoms with Crippen molar-refractivity contribution in [3.05, 3.63) is 47.5 Å². The third-order valence-corrected chi connectivity index (χ3v) is 6.77. The molecule has 5 heteroatoms. The molecule has 3 rings (SSSR count). The van der Waals surface area contributed by atoms with Crippen LogP contribution in [0.5, 0.6) is 0 Å². The molecule has 0 amide bonds. The van der Waals surface area contributed by atoms with E-state index in [1.165, 1.54) is 10.3 Å². The van der Waals surface area contributed by atoms with Crippen LogP contribution in [0.15, 0.2) is 41.3 Å². The number of sulfone groups is 1. The van der Waals surface area contributed by atoms with E-state index < -0.39 is 9.84 Å². The second-order valence-corrected chi connectivity index (χ2v) is 8.60. The summed E-state index contributed by atoms with van der Waals surface area (Å²) in [6.45, 7) is 5.80. The van der Waals surface area contributed by atoms with Crippen LogP contribution in [0, 0.1) is 13.8 Å². The summed E-state index contributed by atoms with van der Waals surface area (Å²) in [5.74, 6) is 0.117.